The molecule has 1 fully saturated rings. The van der Waals surface area contributed by atoms with E-state index in [1.54, 1.807) is 30.3 Å². The number of sulfonamides is 1. The number of nitrogens with zero attached hydrogens (tertiary/aromatic N) is 1. The Hall–Kier alpha value is -0.980. The van der Waals surface area contributed by atoms with E-state index in [1.165, 1.54) is 0 Å². The van der Waals surface area contributed by atoms with Gasteiger partial charge in [-0.2, -0.15) is 0 Å². The van der Waals surface area contributed by atoms with Crippen molar-refractivity contribution in [2.24, 2.45) is 0 Å². The lowest BCUT2D eigenvalue weighted by Crippen LogP contribution is -2.45. The highest BCUT2D eigenvalue weighted by molar-refractivity contribution is 7.89. The molecule has 118 valence electrons. The minimum Gasteiger partial charge on any atom is -0.310 e. The van der Waals surface area contributed by atoms with Crippen molar-refractivity contribution >= 4 is 10.0 Å². The summed E-state index contributed by atoms with van der Waals surface area (Å²) in [5, 5.41) is 3.39. The largest absolute Gasteiger partial charge is 0.310 e. The van der Waals surface area contributed by atoms with Gasteiger partial charge in [-0.15, -0.1) is 0 Å². The smallest absolute Gasteiger partial charge is 0.213 e. The maximum Gasteiger partial charge on any atom is 0.213 e. The van der Waals surface area contributed by atoms with E-state index < -0.39 is 10.0 Å². The third kappa shape index (κ3) is 4.25. The number of halogens is 1. The van der Waals surface area contributed by atoms with Crippen LogP contribution in [0.2, 0.25) is 0 Å². The first kappa shape index (κ1) is 16.4. The molecule has 0 atom stereocenters. The molecular formula is C15H23FN2O2S. The number of hydrogen-bond donors (Lipinski definition) is 1. The first-order valence-electron chi connectivity index (χ1n) is 7.38. The van der Waals surface area contributed by atoms with E-state index in [-0.39, 0.29) is 17.6 Å². The van der Waals surface area contributed by atoms with Crippen LogP contribution in [-0.2, 0) is 16.6 Å². The molecule has 0 amide bonds. The third-order valence-electron chi connectivity index (χ3n) is 4.04. The predicted octanol–water partition coefficient (Wildman–Crippen LogP) is 2.04. The molecule has 1 saturated heterocycles. The Bertz CT molecular complexity index is 581. The van der Waals surface area contributed by atoms with Crippen molar-refractivity contribution in [2.45, 2.75) is 39.3 Å². The predicted molar refractivity (Wildman–Crippen MR) is 82.0 cm³/mol. The molecule has 0 aromatic heterocycles. The second kappa shape index (κ2) is 6.85. The summed E-state index contributed by atoms with van der Waals surface area (Å²) in [6.45, 7) is 5.16. The lowest BCUT2D eigenvalue weighted by molar-refractivity contribution is 0.289. The average Bonchev–Trinajstić information content (AvgIpc) is 2.49. The van der Waals surface area contributed by atoms with Gasteiger partial charge < -0.3 is 5.32 Å². The normalized spacial score (nSPS) is 18.0. The van der Waals surface area contributed by atoms with Crippen molar-refractivity contribution in [3.63, 3.8) is 0 Å². The zero-order valence-electron chi connectivity index (χ0n) is 12.6. The first-order valence-corrected chi connectivity index (χ1v) is 8.99. The van der Waals surface area contributed by atoms with Gasteiger partial charge in [0.2, 0.25) is 10.0 Å². The zero-order chi connectivity index (χ0) is 15.5. The fourth-order valence-corrected chi connectivity index (χ4v) is 3.66. The number of benzene rings is 1. The molecule has 6 heteroatoms. The summed E-state index contributed by atoms with van der Waals surface area (Å²) >= 11 is 0. The van der Waals surface area contributed by atoms with Crippen molar-refractivity contribution in [2.75, 3.05) is 18.8 Å². The highest BCUT2D eigenvalue weighted by Gasteiger charge is 2.26. The molecular weight excluding hydrogens is 291 g/mol. The lowest BCUT2D eigenvalue weighted by atomic mass is 10.1. The molecule has 1 heterocycles. The van der Waals surface area contributed by atoms with Crippen LogP contribution in [0.5, 0.6) is 0 Å². The summed E-state index contributed by atoms with van der Waals surface area (Å²) in [7, 11) is -3.07. The fraction of sp³-hybridized carbons (Fsp3) is 0.600. The van der Waals surface area contributed by atoms with Crippen molar-refractivity contribution in [1.82, 2.24) is 9.62 Å². The van der Waals surface area contributed by atoms with Gasteiger partial charge in [-0.1, -0.05) is 12.1 Å². The van der Waals surface area contributed by atoms with Crippen LogP contribution in [-0.4, -0.2) is 37.6 Å². The summed E-state index contributed by atoms with van der Waals surface area (Å²) in [6, 6.07) is 5.54. The van der Waals surface area contributed by atoms with Crippen LogP contribution in [0.1, 0.15) is 30.9 Å². The number of nitrogens with one attached hydrogen (secondary N) is 1. The van der Waals surface area contributed by atoms with Crippen molar-refractivity contribution in [3.8, 4) is 0 Å². The second-order valence-corrected chi connectivity index (χ2v) is 7.80. The van der Waals surface area contributed by atoms with Gasteiger partial charge in [0.1, 0.15) is 5.82 Å². The Morgan fingerprint density at radius 2 is 2.00 bits per heavy atom. The second-order valence-electron chi connectivity index (χ2n) is 5.54. The van der Waals surface area contributed by atoms with Gasteiger partial charge in [0.25, 0.3) is 0 Å². The summed E-state index contributed by atoms with van der Waals surface area (Å²) in [6.07, 6.45) is 1.60. The molecule has 1 aliphatic heterocycles. The van der Waals surface area contributed by atoms with Gasteiger partial charge in [-0.3, -0.25) is 0 Å². The van der Waals surface area contributed by atoms with Crippen molar-refractivity contribution in [1.29, 1.82) is 0 Å². The molecule has 1 aromatic carbocycles. The maximum absolute atomic E-state index is 13.5. The van der Waals surface area contributed by atoms with Crippen molar-refractivity contribution < 1.29 is 12.8 Å². The van der Waals surface area contributed by atoms with Crippen LogP contribution < -0.4 is 5.32 Å². The molecule has 1 aliphatic rings. The van der Waals surface area contributed by atoms with Crippen LogP contribution in [0.3, 0.4) is 0 Å². The van der Waals surface area contributed by atoms with Gasteiger partial charge in [0.15, 0.2) is 0 Å². The van der Waals surface area contributed by atoms with Crippen LogP contribution in [0.25, 0.3) is 0 Å². The Balaban J connectivity index is 1.82. The maximum atomic E-state index is 13.5. The Kier molecular flexibility index (Phi) is 5.35. The first-order chi connectivity index (χ1) is 9.92. The van der Waals surface area contributed by atoms with Crippen molar-refractivity contribution in [3.05, 3.63) is 35.1 Å². The van der Waals surface area contributed by atoms with E-state index in [4.69, 9.17) is 0 Å². The Morgan fingerprint density at radius 3 is 2.57 bits per heavy atom. The highest BCUT2D eigenvalue weighted by Crippen LogP contribution is 2.15. The molecule has 1 aromatic rings. The number of hydrogen-bond acceptors (Lipinski definition) is 3. The fourth-order valence-electron chi connectivity index (χ4n) is 2.53. The van der Waals surface area contributed by atoms with Gasteiger partial charge in [0.05, 0.1) is 5.75 Å². The molecule has 21 heavy (non-hydrogen) atoms. The molecule has 2 rings (SSSR count). The molecule has 4 nitrogen and oxygen atoms in total. The van der Waals surface area contributed by atoms with E-state index in [0.717, 1.165) is 18.4 Å². The zero-order valence-corrected chi connectivity index (χ0v) is 13.4. The van der Waals surface area contributed by atoms with E-state index >= 15 is 0 Å². The number of rotatable bonds is 5. The van der Waals surface area contributed by atoms with Gasteiger partial charge >= 0.3 is 0 Å². The quantitative estimate of drug-likeness (QED) is 0.905. The minimum absolute atomic E-state index is 0.160. The number of piperidine rings is 1. The molecule has 0 bridgehead atoms. The number of aryl methyl sites for hydroxylation is 1. The van der Waals surface area contributed by atoms with Gasteiger partial charge in [-0.25, -0.2) is 17.1 Å². The lowest BCUT2D eigenvalue weighted by Gasteiger charge is -2.31. The highest BCUT2D eigenvalue weighted by atomic mass is 32.2. The molecule has 0 radical (unpaired) electrons. The molecule has 0 aliphatic carbocycles. The summed E-state index contributed by atoms with van der Waals surface area (Å²) < 4.78 is 38.6. The minimum atomic E-state index is -3.07. The monoisotopic (exact) mass is 314 g/mol. The molecule has 1 N–H and O–H groups in total. The molecule has 0 saturated carbocycles. The van der Waals surface area contributed by atoms with Crippen LogP contribution in [0.15, 0.2) is 18.2 Å². The van der Waals surface area contributed by atoms with E-state index in [1.807, 2.05) is 6.07 Å². The summed E-state index contributed by atoms with van der Waals surface area (Å²) in [5.41, 5.74) is 1.57. The Labute approximate surface area is 126 Å². The molecule has 0 spiro atoms. The summed E-state index contributed by atoms with van der Waals surface area (Å²) in [5.74, 6) is -0.0218. The molecule has 0 unspecified atom stereocenters. The SMILES string of the molecule is CCS(=O)(=O)N1CCC(NCc2ccc(C)c(F)c2)CC1. The third-order valence-corrected chi connectivity index (χ3v) is 5.92. The Morgan fingerprint density at radius 1 is 1.33 bits per heavy atom. The van der Waals surface area contributed by atoms with E-state index in [2.05, 4.69) is 5.32 Å². The average molecular weight is 314 g/mol. The standard InChI is InChI=1S/C15H23FN2O2S/c1-3-21(19,20)18-8-6-14(7-9-18)17-11-13-5-4-12(2)15(16)10-13/h4-5,10,14,17H,3,6-9,11H2,1-2H3. The van der Waals surface area contributed by atoms with Crippen LogP contribution >= 0.6 is 0 Å². The van der Waals surface area contributed by atoms with Crippen LogP contribution in [0, 0.1) is 12.7 Å². The van der Waals surface area contributed by atoms with Crippen LogP contribution in [0.4, 0.5) is 4.39 Å². The summed E-state index contributed by atoms with van der Waals surface area (Å²) in [4.78, 5) is 0. The topological polar surface area (TPSA) is 49.4 Å². The van der Waals surface area contributed by atoms with Gasteiger partial charge in [-0.05, 0) is 43.9 Å². The van der Waals surface area contributed by atoms with Gasteiger partial charge in [0, 0.05) is 25.7 Å². The van der Waals surface area contributed by atoms with E-state index in [0.29, 0.717) is 25.2 Å². The van der Waals surface area contributed by atoms with E-state index in [9.17, 15) is 12.8 Å².